The molecule has 1 heterocycles. The second-order valence-electron chi connectivity index (χ2n) is 6.66. The summed E-state index contributed by atoms with van der Waals surface area (Å²) >= 11 is 3.57. The van der Waals surface area contributed by atoms with Crippen molar-refractivity contribution in [3.05, 3.63) is 33.8 Å². The molecule has 1 aliphatic carbocycles. The average molecular weight is 338 g/mol. The molecule has 2 aliphatic rings. The maximum atomic E-state index is 5.48. The number of hydrogen-bond donors (Lipinski definition) is 1. The first-order chi connectivity index (χ1) is 9.65. The van der Waals surface area contributed by atoms with E-state index in [9.17, 15) is 0 Å². The van der Waals surface area contributed by atoms with Gasteiger partial charge in [-0.3, -0.25) is 0 Å². The fourth-order valence-electron chi connectivity index (χ4n) is 3.33. The van der Waals surface area contributed by atoms with Gasteiger partial charge in [0.05, 0.1) is 0 Å². The Morgan fingerprint density at radius 1 is 1.30 bits per heavy atom. The van der Waals surface area contributed by atoms with Crippen molar-refractivity contribution >= 4 is 15.9 Å². The van der Waals surface area contributed by atoms with E-state index in [1.165, 1.54) is 47.7 Å². The Morgan fingerprint density at radius 3 is 2.90 bits per heavy atom. The highest BCUT2D eigenvalue weighted by atomic mass is 79.9. The fraction of sp³-hybridized carbons (Fsp3) is 0.647. The summed E-state index contributed by atoms with van der Waals surface area (Å²) in [5.74, 6) is 0. The zero-order valence-electron chi connectivity index (χ0n) is 12.3. The van der Waals surface area contributed by atoms with Crippen molar-refractivity contribution in [3.63, 3.8) is 0 Å². The SMILES string of the molecule is CC1(CNC2CCc3cc(Br)ccc3C2)CCOCC1. The van der Waals surface area contributed by atoms with Gasteiger partial charge in [0.2, 0.25) is 0 Å². The van der Waals surface area contributed by atoms with E-state index in [2.05, 4.69) is 46.4 Å². The van der Waals surface area contributed by atoms with Crippen LogP contribution in [-0.2, 0) is 17.6 Å². The van der Waals surface area contributed by atoms with E-state index in [1.54, 1.807) is 0 Å². The van der Waals surface area contributed by atoms with Gasteiger partial charge in [0, 0.05) is 30.3 Å². The Labute approximate surface area is 130 Å². The molecule has 1 unspecified atom stereocenters. The molecule has 0 saturated carbocycles. The molecule has 2 nitrogen and oxygen atoms in total. The highest BCUT2D eigenvalue weighted by molar-refractivity contribution is 9.10. The Morgan fingerprint density at radius 2 is 2.10 bits per heavy atom. The van der Waals surface area contributed by atoms with Crippen LogP contribution in [0.25, 0.3) is 0 Å². The van der Waals surface area contributed by atoms with Crippen LogP contribution in [0.5, 0.6) is 0 Å². The normalized spacial score (nSPS) is 25.2. The van der Waals surface area contributed by atoms with E-state index >= 15 is 0 Å². The Kier molecular flexibility index (Phi) is 4.49. The lowest BCUT2D eigenvalue weighted by Gasteiger charge is -2.36. The van der Waals surface area contributed by atoms with Crippen molar-refractivity contribution in [2.45, 2.75) is 45.1 Å². The molecule has 0 bridgehead atoms. The number of nitrogens with one attached hydrogen (secondary N) is 1. The van der Waals surface area contributed by atoms with E-state index in [1.807, 2.05) is 0 Å². The Hall–Kier alpha value is -0.380. The van der Waals surface area contributed by atoms with Crippen LogP contribution in [0.2, 0.25) is 0 Å². The fourth-order valence-corrected chi connectivity index (χ4v) is 3.74. The van der Waals surface area contributed by atoms with Crippen molar-refractivity contribution in [1.29, 1.82) is 0 Å². The van der Waals surface area contributed by atoms with Gasteiger partial charge in [-0.05, 0) is 60.8 Å². The van der Waals surface area contributed by atoms with Crippen molar-refractivity contribution in [2.75, 3.05) is 19.8 Å². The zero-order chi connectivity index (χ0) is 14.0. The molecule has 1 fully saturated rings. The van der Waals surface area contributed by atoms with Crippen LogP contribution in [0.1, 0.15) is 37.3 Å². The topological polar surface area (TPSA) is 21.3 Å². The van der Waals surface area contributed by atoms with Crippen LogP contribution in [0.4, 0.5) is 0 Å². The third-order valence-corrected chi connectivity index (χ3v) is 5.41. The largest absolute Gasteiger partial charge is 0.381 e. The van der Waals surface area contributed by atoms with Crippen LogP contribution in [0.3, 0.4) is 0 Å². The standard InChI is InChI=1S/C17H24BrNO/c1-17(6-8-20-9-7-17)12-19-16-5-3-13-10-15(18)4-2-14(13)11-16/h2,4,10,16,19H,3,5-9,11-12H2,1H3. The zero-order valence-corrected chi connectivity index (χ0v) is 13.8. The molecule has 3 rings (SSSR count). The van der Waals surface area contributed by atoms with Crippen molar-refractivity contribution in [3.8, 4) is 0 Å². The molecule has 20 heavy (non-hydrogen) atoms. The molecule has 110 valence electrons. The van der Waals surface area contributed by atoms with Crippen molar-refractivity contribution in [2.24, 2.45) is 5.41 Å². The molecule has 0 spiro atoms. The van der Waals surface area contributed by atoms with E-state index in [0.29, 0.717) is 11.5 Å². The third-order valence-electron chi connectivity index (χ3n) is 4.91. The maximum absolute atomic E-state index is 5.48. The number of benzene rings is 1. The minimum Gasteiger partial charge on any atom is -0.381 e. The maximum Gasteiger partial charge on any atom is 0.0471 e. The molecule has 1 saturated heterocycles. The minimum absolute atomic E-state index is 0.429. The number of halogens is 1. The molecule has 0 radical (unpaired) electrons. The van der Waals surface area contributed by atoms with Gasteiger partial charge >= 0.3 is 0 Å². The lowest BCUT2D eigenvalue weighted by Crippen LogP contribution is -2.43. The number of hydrogen-bond acceptors (Lipinski definition) is 2. The van der Waals surface area contributed by atoms with E-state index in [0.717, 1.165) is 19.8 Å². The molecular weight excluding hydrogens is 314 g/mol. The van der Waals surface area contributed by atoms with Crippen LogP contribution in [0, 0.1) is 5.41 Å². The summed E-state index contributed by atoms with van der Waals surface area (Å²) in [7, 11) is 0. The first-order valence-electron chi connectivity index (χ1n) is 7.73. The monoisotopic (exact) mass is 337 g/mol. The molecule has 1 aromatic carbocycles. The minimum atomic E-state index is 0.429. The molecule has 3 heteroatoms. The van der Waals surface area contributed by atoms with Crippen LogP contribution < -0.4 is 5.32 Å². The number of ether oxygens (including phenoxy) is 1. The Balaban J connectivity index is 1.56. The van der Waals surface area contributed by atoms with Crippen molar-refractivity contribution in [1.82, 2.24) is 5.32 Å². The lowest BCUT2D eigenvalue weighted by molar-refractivity contribution is 0.0227. The number of fused-ring (bicyclic) bond motifs is 1. The van der Waals surface area contributed by atoms with Gasteiger partial charge < -0.3 is 10.1 Å². The van der Waals surface area contributed by atoms with Gasteiger partial charge in [-0.2, -0.15) is 0 Å². The molecular formula is C17H24BrNO. The second-order valence-corrected chi connectivity index (χ2v) is 7.57. The third kappa shape index (κ3) is 3.44. The molecule has 1 atom stereocenters. The van der Waals surface area contributed by atoms with Crippen LogP contribution in [0.15, 0.2) is 22.7 Å². The lowest BCUT2D eigenvalue weighted by atomic mass is 9.81. The van der Waals surface area contributed by atoms with Gasteiger partial charge in [0.1, 0.15) is 0 Å². The smallest absolute Gasteiger partial charge is 0.0471 e. The molecule has 1 aromatic rings. The summed E-state index contributed by atoms with van der Waals surface area (Å²) in [6.45, 7) is 5.39. The van der Waals surface area contributed by atoms with E-state index in [-0.39, 0.29) is 0 Å². The Bertz CT molecular complexity index is 468. The predicted molar refractivity (Wildman–Crippen MR) is 86.1 cm³/mol. The second kappa shape index (κ2) is 6.17. The molecule has 0 aromatic heterocycles. The van der Waals surface area contributed by atoms with Crippen LogP contribution >= 0.6 is 15.9 Å². The summed E-state index contributed by atoms with van der Waals surface area (Å²) in [4.78, 5) is 0. The van der Waals surface area contributed by atoms with E-state index in [4.69, 9.17) is 4.74 Å². The van der Waals surface area contributed by atoms with Gasteiger partial charge in [-0.25, -0.2) is 0 Å². The van der Waals surface area contributed by atoms with Gasteiger partial charge in [-0.15, -0.1) is 0 Å². The summed E-state index contributed by atoms with van der Waals surface area (Å²) < 4.78 is 6.69. The molecule has 1 N–H and O–H groups in total. The molecule has 1 aliphatic heterocycles. The number of aryl methyl sites for hydroxylation is 1. The first kappa shape index (κ1) is 14.6. The summed E-state index contributed by atoms with van der Waals surface area (Å²) in [5.41, 5.74) is 3.47. The quantitative estimate of drug-likeness (QED) is 0.907. The van der Waals surface area contributed by atoms with Crippen LogP contribution in [-0.4, -0.2) is 25.8 Å². The predicted octanol–water partition coefficient (Wildman–Crippen LogP) is 3.71. The van der Waals surface area contributed by atoms with Crippen molar-refractivity contribution < 1.29 is 4.74 Å². The van der Waals surface area contributed by atoms with E-state index < -0.39 is 0 Å². The van der Waals surface area contributed by atoms with Gasteiger partial charge in [0.15, 0.2) is 0 Å². The average Bonchev–Trinajstić information content (AvgIpc) is 2.46. The number of rotatable bonds is 3. The summed E-state index contributed by atoms with van der Waals surface area (Å²) in [5, 5.41) is 3.82. The van der Waals surface area contributed by atoms with Gasteiger partial charge in [0.25, 0.3) is 0 Å². The van der Waals surface area contributed by atoms with Gasteiger partial charge in [-0.1, -0.05) is 28.9 Å². The summed E-state index contributed by atoms with van der Waals surface area (Å²) in [6, 6.07) is 7.37. The summed E-state index contributed by atoms with van der Waals surface area (Å²) in [6.07, 6.45) is 6.02. The first-order valence-corrected chi connectivity index (χ1v) is 8.52. The highest BCUT2D eigenvalue weighted by Gasteiger charge is 2.28. The molecule has 0 amide bonds. The highest BCUT2D eigenvalue weighted by Crippen LogP contribution is 2.30.